The van der Waals surface area contributed by atoms with Gasteiger partial charge in [0, 0.05) is 4.88 Å². The number of aryl methyl sites for hydroxylation is 1. The second kappa shape index (κ2) is 5.21. The zero-order valence-electron chi connectivity index (χ0n) is 9.27. The van der Waals surface area contributed by atoms with Crippen molar-refractivity contribution in [1.29, 1.82) is 0 Å². The average Bonchev–Trinajstić information content (AvgIpc) is 2.68. The largest absolute Gasteiger partial charge is 0.398 e. The van der Waals surface area contributed by atoms with E-state index in [0.717, 1.165) is 10.4 Å². The number of thiophene rings is 1. The Kier molecular flexibility index (Phi) is 3.86. The Balaban J connectivity index is 2.23. The monoisotopic (exact) mass is 285 g/mol. The van der Waals surface area contributed by atoms with Crippen LogP contribution in [0.15, 0.2) is 35.2 Å². The van der Waals surface area contributed by atoms with Crippen molar-refractivity contribution in [3.05, 3.63) is 45.1 Å². The SMILES string of the molecule is Cc1cccc(S(=O)Cc2ccc(Cl)s2)c1N. The maximum absolute atomic E-state index is 12.2. The van der Waals surface area contributed by atoms with E-state index in [0.29, 0.717) is 20.7 Å². The van der Waals surface area contributed by atoms with Crippen LogP contribution in [0.1, 0.15) is 10.4 Å². The molecule has 0 radical (unpaired) electrons. The summed E-state index contributed by atoms with van der Waals surface area (Å²) in [5, 5.41) is 0. The molecule has 2 N–H and O–H groups in total. The normalized spacial score (nSPS) is 12.6. The maximum atomic E-state index is 12.2. The van der Waals surface area contributed by atoms with Crippen molar-refractivity contribution in [2.24, 2.45) is 0 Å². The summed E-state index contributed by atoms with van der Waals surface area (Å²) in [5.74, 6) is 0.463. The summed E-state index contributed by atoms with van der Waals surface area (Å²) in [5.41, 5.74) is 7.50. The van der Waals surface area contributed by atoms with Crippen LogP contribution in [0.3, 0.4) is 0 Å². The Bertz CT molecular complexity index is 565. The fourth-order valence-corrected chi connectivity index (χ4v) is 4.08. The molecule has 1 aromatic carbocycles. The van der Waals surface area contributed by atoms with E-state index in [9.17, 15) is 4.21 Å². The van der Waals surface area contributed by atoms with Gasteiger partial charge >= 0.3 is 0 Å². The third-order valence-corrected chi connectivity index (χ3v) is 5.27. The lowest BCUT2D eigenvalue weighted by atomic mass is 10.2. The van der Waals surface area contributed by atoms with Crippen LogP contribution in [-0.2, 0) is 16.6 Å². The van der Waals surface area contributed by atoms with Gasteiger partial charge in [0.05, 0.1) is 31.5 Å². The summed E-state index contributed by atoms with van der Waals surface area (Å²) < 4.78 is 12.9. The summed E-state index contributed by atoms with van der Waals surface area (Å²) in [7, 11) is -1.12. The van der Waals surface area contributed by atoms with E-state index in [1.54, 1.807) is 0 Å². The van der Waals surface area contributed by atoms with E-state index in [-0.39, 0.29) is 0 Å². The molecule has 1 atom stereocenters. The smallest absolute Gasteiger partial charge is 0.0931 e. The number of anilines is 1. The van der Waals surface area contributed by atoms with Gasteiger partial charge in [-0.05, 0) is 30.7 Å². The fraction of sp³-hybridized carbons (Fsp3) is 0.167. The molecule has 2 nitrogen and oxygen atoms in total. The van der Waals surface area contributed by atoms with Crippen LogP contribution in [0.25, 0.3) is 0 Å². The lowest BCUT2D eigenvalue weighted by Gasteiger charge is -2.07. The average molecular weight is 286 g/mol. The van der Waals surface area contributed by atoms with Gasteiger partial charge < -0.3 is 5.73 Å². The van der Waals surface area contributed by atoms with Gasteiger partial charge in [0.2, 0.25) is 0 Å². The maximum Gasteiger partial charge on any atom is 0.0931 e. The molecule has 17 heavy (non-hydrogen) atoms. The highest BCUT2D eigenvalue weighted by atomic mass is 35.5. The summed E-state index contributed by atoms with van der Waals surface area (Å²) in [6, 6.07) is 9.32. The van der Waals surface area contributed by atoms with Crippen LogP contribution in [-0.4, -0.2) is 4.21 Å². The van der Waals surface area contributed by atoms with Crippen molar-refractivity contribution in [1.82, 2.24) is 0 Å². The van der Waals surface area contributed by atoms with E-state index in [1.165, 1.54) is 11.3 Å². The van der Waals surface area contributed by atoms with Crippen molar-refractivity contribution in [3.8, 4) is 0 Å². The minimum absolute atomic E-state index is 0.463. The number of hydrogen-bond acceptors (Lipinski definition) is 3. The first-order valence-corrected chi connectivity index (χ1v) is 7.57. The van der Waals surface area contributed by atoms with Gasteiger partial charge in [-0.3, -0.25) is 4.21 Å². The Labute approximate surface area is 112 Å². The molecule has 1 unspecified atom stereocenters. The molecule has 0 saturated heterocycles. The van der Waals surface area contributed by atoms with Crippen molar-refractivity contribution in [2.45, 2.75) is 17.6 Å². The van der Waals surface area contributed by atoms with Crippen molar-refractivity contribution >= 4 is 39.4 Å². The predicted octanol–water partition coefficient (Wildman–Crippen LogP) is 3.60. The summed E-state index contributed by atoms with van der Waals surface area (Å²) in [6.45, 7) is 1.91. The third-order valence-electron chi connectivity index (χ3n) is 2.43. The molecule has 2 aromatic rings. The molecule has 0 aliphatic rings. The molecule has 1 aromatic heterocycles. The zero-order valence-corrected chi connectivity index (χ0v) is 11.7. The first kappa shape index (κ1) is 12.6. The Morgan fingerprint density at radius 3 is 2.76 bits per heavy atom. The van der Waals surface area contributed by atoms with E-state index < -0.39 is 10.8 Å². The van der Waals surface area contributed by atoms with Crippen LogP contribution in [0.4, 0.5) is 5.69 Å². The molecule has 0 bridgehead atoms. The minimum atomic E-state index is -1.12. The molecule has 0 amide bonds. The topological polar surface area (TPSA) is 43.1 Å². The number of para-hydroxylation sites is 1. The quantitative estimate of drug-likeness (QED) is 0.876. The lowest BCUT2D eigenvalue weighted by molar-refractivity contribution is 0.683. The molecule has 0 spiro atoms. The van der Waals surface area contributed by atoms with E-state index in [2.05, 4.69) is 0 Å². The molecule has 5 heteroatoms. The molecule has 90 valence electrons. The molecular formula is C12H12ClNOS2. The Hall–Kier alpha value is -0.840. The minimum Gasteiger partial charge on any atom is -0.398 e. The first-order valence-electron chi connectivity index (χ1n) is 5.05. The van der Waals surface area contributed by atoms with Crippen molar-refractivity contribution < 1.29 is 4.21 Å². The number of hydrogen-bond donors (Lipinski definition) is 1. The third kappa shape index (κ3) is 2.89. The second-order valence-corrected chi connectivity index (χ2v) is 6.90. The molecular weight excluding hydrogens is 274 g/mol. The van der Waals surface area contributed by atoms with Gasteiger partial charge in [0.25, 0.3) is 0 Å². The predicted molar refractivity (Wildman–Crippen MR) is 75.0 cm³/mol. The summed E-state index contributed by atoms with van der Waals surface area (Å²) in [6.07, 6.45) is 0. The lowest BCUT2D eigenvalue weighted by Crippen LogP contribution is -2.01. The molecule has 0 aliphatic carbocycles. The van der Waals surface area contributed by atoms with Crippen LogP contribution in [0, 0.1) is 6.92 Å². The number of rotatable bonds is 3. The Morgan fingerprint density at radius 1 is 1.35 bits per heavy atom. The second-order valence-electron chi connectivity index (χ2n) is 3.68. The summed E-state index contributed by atoms with van der Waals surface area (Å²) in [4.78, 5) is 1.71. The number of nitrogen functional groups attached to an aromatic ring is 1. The Morgan fingerprint density at radius 2 is 2.12 bits per heavy atom. The van der Waals surface area contributed by atoms with E-state index in [4.69, 9.17) is 17.3 Å². The molecule has 0 fully saturated rings. The van der Waals surface area contributed by atoms with Gasteiger partial charge in [-0.1, -0.05) is 23.7 Å². The highest BCUT2D eigenvalue weighted by Gasteiger charge is 2.11. The van der Waals surface area contributed by atoms with Gasteiger partial charge in [-0.25, -0.2) is 0 Å². The van der Waals surface area contributed by atoms with Crippen LogP contribution < -0.4 is 5.73 Å². The van der Waals surface area contributed by atoms with Gasteiger partial charge in [-0.15, -0.1) is 11.3 Å². The van der Waals surface area contributed by atoms with Crippen molar-refractivity contribution in [3.63, 3.8) is 0 Å². The van der Waals surface area contributed by atoms with E-state index in [1.807, 2.05) is 37.3 Å². The molecule has 1 heterocycles. The number of nitrogens with two attached hydrogens (primary N) is 1. The summed E-state index contributed by atoms with van der Waals surface area (Å²) >= 11 is 7.29. The van der Waals surface area contributed by atoms with Crippen LogP contribution >= 0.6 is 22.9 Å². The first-order chi connectivity index (χ1) is 8.08. The van der Waals surface area contributed by atoms with Gasteiger partial charge in [0.15, 0.2) is 0 Å². The van der Waals surface area contributed by atoms with Crippen LogP contribution in [0.2, 0.25) is 4.34 Å². The fourth-order valence-electron chi connectivity index (χ4n) is 1.49. The van der Waals surface area contributed by atoms with Gasteiger partial charge in [-0.2, -0.15) is 0 Å². The molecule has 0 aliphatic heterocycles. The number of benzene rings is 1. The standard InChI is InChI=1S/C12H12ClNOS2/c1-8-3-2-4-10(12(8)14)17(15)7-9-5-6-11(13)16-9/h2-6H,7,14H2,1H3. The molecule has 0 saturated carbocycles. The van der Waals surface area contributed by atoms with Gasteiger partial charge in [0.1, 0.15) is 0 Å². The van der Waals surface area contributed by atoms with Crippen LogP contribution in [0.5, 0.6) is 0 Å². The van der Waals surface area contributed by atoms with Crippen molar-refractivity contribution in [2.75, 3.05) is 5.73 Å². The van der Waals surface area contributed by atoms with E-state index >= 15 is 0 Å². The zero-order chi connectivity index (χ0) is 12.4. The highest BCUT2D eigenvalue weighted by molar-refractivity contribution is 7.84. The molecule has 2 rings (SSSR count). The highest BCUT2D eigenvalue weighted by Crippen LogP contribution is 2.26. The number of halogens is 1.